The minimum Gasteiger partial charge on any atom is -0.317 e. The van der Waals surface area contributed by atoms with Crippen LogP contribution in [0.15, 0.2) is 54.6 Å². The van der Waals surface area contributed by atoms with E-state index in [-0.39, 0.29) is 0 Å². The molecule has 0 spiro atoms. The first kappa shape index (κ1) is 16.6. The zero-order chi connectivity index (χ0) is 17.1. The largest absolute Gasteiger partial charge is 0.317 e. The standard InChI is InChI=1S/C22H23ClN2/c23-19-8-9-20-18(7-6-16-10-12-24-13-11-16)14-21(25-22(20)15-19)17-4-2-1-3-5-17/h1-5,8-9,14-16,24H,6-7,10-13H2. The predicted octanol–water partition coefficient (Wildman–Crippen LogP) is 5.49. The van der Waals surface area contributed by atoms with Gasteiger partial charge in [0.15, 0.2) is 0 Å². The van der Waals surface area contributed by atoms with Crippen LogP contribution in [0.2, 0.25) is 5.02 Å². The summed E-state index contributed by atoms with van der Waals surface area (Å²) in [5, 5.41) is 5.43. The molecule has 1 saturated heterocycles. The molecular formula is C22H23ClN2. The van der Waals surface area contributed by atoms with Crippen molar-refractivity contribution in [1.29, 1.82) is 0 Å². The molecule has 0 bridgehead atoms. The molecule has 1 aliphatic heterocycles. The number of piperidine rings is 1. The third kappa shape index (κ3) is 3.86. The van der Waals surface area contributed by atoms with Crippen LogP contribution in [0.1, 0.15) is 24.8 Å². The van der Waals surface area contributed by atoms with Gasteiger partial charge in [-0.05, 0) is 68.5 Å². The molecule has 0 unspecified atom stereocenters. The highest BCUT2D eigenvalue weighted by Crippen LogP contribution is 2.29. The Labute approximate surface area is 154 Å². The molecule has 1 aromatic heterocycles. The van der Waals surface area contributed by atoms with E-state index in [4.69, 9.17) is 16.6 Å². The summed E-state index contributed by atoms with van der Waals surface area (Å²) in [6, 6.07) is 18.8. The summed E-state index contributed by atoms with van der Waals surface area (Å²) in [5.74, 6) is 0.831. The zero-order valence-electron chi connectivity index (χ0n) is 14.3. The maximum absolute atomic E-state index is 6.22. The van der Waals surface area contributed by atoms with Gasteiger partial charge in [0.2, 0.25) is 0 Å². The number of aryl methyl sites for hydroxylation is 1. The smallest absolute Gasteiger partial charge is 0.0727 e. The van der Waals surface area contributed by atoms with Crippen molar-refractivity contribution >= 4 is 22.5 Å². The number of hydrogen-bond acceptors (Lipinski definition) is 2. The summed E-state index contributed by atoms with van der Waals surface area (Å²) in [4.78, 5) is 4.87. The summed E-state index contributed by atoms with van der Waals surface area (Å²) in [6.07, 6.45) is 4.93. The summed E-state index contributed by atoms with van der Waals surface area (Å²) < 4.78 is 0. The van der Waals surface area contributed by atoms with Gasteiger partial charge in [-0.1, -0.05) is 48.0 Å². The van der Waals surface area contributed by atoms with Crippen LogP contribution in [0.4, 0.5) is 0 Å². The van der Waals surface area contributed by atoms with E-state index in [1.54, 1.807) is 0 Å². The number of aromatic nitrogens is 1. The molecule has 0 atom stereocenters. The van der Waals surface area contributed by atoms with Crippen LogP contribution in [0.25, 0.3) is 22.2 Å². The topological polar surface area (TPSA) is 24.9 Å². The van der Waals surface area contributed by atoms with Gasteiger partial charge in [0, 0.05) is 16.0 Å². The van der Waals surface area contributed by atoms with Gasteiger partial charge in [-0.25, -0.2) is 4.98 Å². The fourth-order valence-corrected chi connectivity index (χ4v) is 3.93. The van der Waals surface area contributed by atoms with Gasteiger partial charge >= 0.3 is 0 Å². The van der Waals surface area contributed by atoms with E-state index in [2.05, 4.69) is 41.7 Å². The van der Waals surface area contributed by atoms with Gasteiger partial charge in [-0.15, -0.1) is 0 Å². The number of halogens is 1. The normalized spacial score (nSPS) is 15.6. The molecule has 2 heterocycles. The van der Waals surface area contributed by atoms with E-state index in [0.717, 1.165) is 47.2 Å². The molecule has 2 nitrogen and oxygen atoms in total. The monoisotopic (exact) mass is 350 g/mol. The van der Waals surface area contributed by atoms with Crippen LogP contribution in [0, 0.1) is 5.92 Å². The van der Waals surface area contributed by atoms with Crippen LogP contribution in [-0.4, -0.2) is 18.1 Å². The van der Waals surface area contributed by atoms with Crippen LogP contribution >= 0.6 is 11.6 Å². The van der Waals surface area contributed by atoms with Gasteiger partial charge < -0.3 is 5.32 Å². The van der Waals surface area contributed by atoms with E-state index in [9.17, 15) is 0 Å². The molecule has 0 aliphatic carbocycles. The van der Waals surface area contributed by atoms with Gasteiger partial charge in [0.25, 0.3) is 0 Å². The number of pyridine rings is 1. The molecule has 2 aromatic carbocycles. The SMILES string of the molecule is Clc1ccc2c(CCC3CCNCC3)cc(-c3ccccc3)nc2c1. The summed E-state index contributed by atoms with van der Waals surface area (Å²) in [5.41, 5.74) is 4.58. The summed E-state index contributed by atoms with van der Waals surface area (Å²) in [7, 11) is 0. The van der Waals surface area contributed by atoms with Gasteiger partial charge in [-0.2, -0.15) is 0 Å². The van der Waals surface area contributed by atoms with Gasteiger partial charge in [0.1, 0.15) is 0 Å². The maximum atomic E-state index is 6.22. The Morgan fingerprint density at radius 3 is 2.60 bits per heavy atom. The van der Waals surface area contributed by atoms with Crippen molar-refractivity contribution in [2.75, 3.05) is 13.1 Å². The first-order valence-corrected chi connectivity index (χ1v) is 9.53. The van der Waals surface area contributed by atoms with Crippen molar-refractivity contribution in [2.24, 2.45) is 5.92 Å². The Bertz CT molecular complexity index is 855. The average molecular weight is 351 g/mol. The second-order valence-corrected chi connectivity index (χ2v) is 7.36. The van der Waals surface area contributed by atoms with Crippen LogP contribution in [0.5, 0.6) is 0 Å². The lowest BCUT2D eigenvalue weighted by Gasteiger charge is -2.22. The molecule has 0 radical (unpaired) electrons. The third-order valence-corrected chi connectivity index (χ3v) is 5.44. The Kier molecular flexibility index (Phi) is 5.00. The van der Waals surface area contributed by atoms with E-state index in [1.165, 1.54) is 30.2 Å². The molecule has 1 fully saturated rings. The zero-order valence-corrected chi connectivity index (χ0v) is 15.1. The lowest BCUT2D eigenvalue weighted by molar-refractivity contribution is 0.354. The average Bonchev–Trinajstić information content (AvgIpc) is 2.67. The fraction of sp³-hybridized carbons (Fsp3) is 0.318. The van der Waals surface area contributed by atoms with E-state index in [0.29, 0.717) is 0 Å². The predicted molar refractivity (Wildman–Crippen MR) is 106 cm³/mol. The van der Waals surface area contributed by atoms with Crippen LogP contribution < -0.4 is 5.32 Å². The van der Waals surface area contributed by atoms with E-state index < -0.39 is 0 Å². The molecule has 25 heavy (non-hydrogen) atoms. The number of fused-ring (bicyclic) bond motifs is 1. The number of nitrogens with one attached hydrogen (secondary N) is 1. The first-order valence-electron chi connectivity index (χ1n) is 9.15. The summed E-state index contributed by atoms with van der Waals surface area (Å²) >= 11 is 6.22. The molecular weight excluding hydrogens is 328 g/mol. The van der Waals surface area contributed by atoms with Crippen molar-refractivity contribution in [2.45, 2.75) is 25.7 Å². The fourth-order valence-electron chi connectivity index (χ4n) is 3.77. The molecule has 1 aliphatic rings. The minimum atomic E-state index is 0.745. The molecule has 3 heteroatoms. The van der Waals surface area contributed by atoms with Crippen molar-refractivity contribution in [3.05, 3.63) is 65.2 Å². The number of hydrogen-bond donors (Lipinski definition) is 1. The quantitative estimate of drug-likeness (QED) is 0.673. The molecule has 4 rings (SSSR count). The number of rotatable bonds is 4. The first-order chi connectivity index (χ1) is 12.3. The van der Waals surface area contributed by atoms with Crippen molar-refractivity contribution in [1.82, 2.24) is 10.3 Å². The molecule has 1 N–H and O–H groups in total. The number of nitrogens with zero attached hydrogens (tertiary/aromatic N) is 1. The highest BCUT2D eigenvalue weighted by Gasteiger charge is 2.14. The second kappa shape index (κ2) is 7.55. The Morgan fingerprint density at radius 1 is 1.00 bits per heavy atom. The van der Waals surface area contributed by atoms with Crippen molar-refractivity contribution in [3.63, 3.8) is 0 Å². The maximum Gasteiger partial charge on any atom is 0.0727 e. The molecule has 128 valence electrons. The van der Waals surface area contributed by atoms with Gasteiger partial charge in [-0.3, -0.25) is 0 Å². The van der Waals surface area contributed by atoms with Crippen LogP contribution in [-0.2, 0) is 6.42 Å². The molecule has 0 amide bonds. The summed E-state index contributed by atoms with van der Waals surface area (Å²) in [6.45, 7) is 2.32. The number of benzene rings is 2. The molecule has 3 aromatic rings. The van der Waals surface area contributed by atoms with Crippen molar-refractivity contribution in [3.8, 4) is 11.3 Å². The van der Waals surface area contributed by atoms with Crippen LogP contribution in [0.3, 0.4) is 0 Å². The third-order valence-electron chi connectivity index (χ3n) is 5.21. The minimum absolute atomic E-state index is 0.745. The van der Waals surface area contributed by atoms with E-state index in [1.807, 2.05) is 18.2 Å². The van der Waals surface area contributed by atoms with E-state index >= 15 is 0 Å². The Hall–Kier alpha value is -1.90. The van der Waals surface area contributed by atoms with Gasteiger partial charge in [0.05, 0.1) is 11.2 Å². The lowest BCUT2D eigenvalue weighted by atomic mass is 9.90. The lowest BCUT2D eigenvalue weighted by Crippen LogP contribution is -2.27. The molecule has 0 saturated carbocycles. The Morgan fingerprint density at radius 2 is 1.80 bits per heavy atom. The highest BCUT2D eigenvalue weighted by atomic mass is 35.5. The van der Waals surface area contributed by atoms with Crippen molar-refractivity contribution < 1.29 is 0 Å². The Balaban J connectivity index is 1.70. The second-order valence-electron chi connectivity index (χ2n) is 6.93. The highest BCUT2D eigenvalue weighted by molar-refractivity contribution is 6.31.